The van der Waals surface area contributed by atoms with Gasteiger partial charge in [-0.1, -0.05) is 6.07 Å². The Morgan fingerprint density at radius 3 is 2.92 bits per heavy atom. The smallest absolute Gasteiger partial charge is 0.237 e. The topological polar surface area (TPSA) is 87.2 Å². The normalized spacial score (nSPS) is 22.4. The predicted molar refractivity (Wildman–Crippen MR) is 93.0 cm³/mol. The molecule has 2 aliphatic heterocycles. The maximum atomic E-state index is 12.7. The van der Waals surface area contributed by atoms with Gasteiger partial charge in [-0.2, -0.15) is 0 Å². The lowest BCUT2D eigenvalue weighted by Crippen LogP contribution is -2.43. The van der Waals surface area contributed by atoms with Gasteiger partial charge >= 0.3 is 0 Å². The van der Waals surface area contributed by atoms with E-state index in [1.807, 2.05) is 23.1 Å². The highest BCUT2D eigenvalue weighted by atomic mass is 32.2. The lowest BCUT2D eigenvalue weighted by molar-refractivity contribution is -0.133. The van der Waals surface area contributed by atoms with E-state index in [0.29, 0.717) is 26.1 Å². The first-order valence-electron chi connectivity index (χ1n) is 8.42. The van der Waals surface area contributed by atoms with E-state index in [9.17, 15) is 18.3 Å². The average molecular weight is 368 g/mol. The summed E-state index contributed by atoms with van der Waals surface area (Å²) < 4.78 is 28.9. The van der Waals surface area contributed by atoms with E-state index in [1.165, 1.54) is 0 Å². The number of carbonyl (C=O) groups is 1. The van der Waals surface area contributed by atoms with Crippen LogP contribution in [-0.4, -0.2) is 73.5 Å². The molecular weight excluding hydrogens is 344 g/mol. The Morgan fingerprint density at radius 2 is 2.24 bits per heavy atom. The van der Waals surface area contributed by atoms with Crippen LogP contribution in [-0.2, 0) is 27.8 Å². The van der Waals surface area contributed by atoms with Crippen molar-refractivity contribution >= 4 is 15.7 Å². The molecule has 0 spiro atoms. The lowest BCUT2D eigenvalue weighted by Gasteiger charge is -2.26. The molecule has 0 bridgehead atoms. The maximum absolute atomic E-state index is 12.7. The number of hydrogen-bond donors (Lipinski definition) is 1. The number of amides is 1. The Bertz CT molecular complexity index is 749. The summed E-state index contributed by atoms with van der Waals surface area (Å²) in [6, 6.07) is 5.40. The highest BCUT2D eigenvalue weighted by Crippen LogP contribution is 2.25. The fraction of sp³-hybridized carbons (Fsp3) is 0.588. The van der Waals surface area contributed by atoms with Crippen LogP contribution in [0.15, 0.2) is 18.2 Å². The van der Waals surface area contributed by atoms with Crippen LogP contribution in [0.2, 0.25) is 0 Å². The maximum Gasteiger partial charge on any atom is 0.237 e. The predicted octanol–water partition coefficient (Wildman–Crippen LogP) is 0.0188. The number of benzene rings is 1. The number of ether oxygens (including phenoxy) is 1. The van der Waals surface area contributed by atoms with Crippen molar-refractivity contribution < 1.29 is 23.1 Å². The minimum atomic E-state index is -2.96. The zero-order valence-corrected chi connectivity index (χ0v) is 15.2. The Kier molecular flexibility index (Phi) is 5.31. The Hall–Kier alpha value is -1.64. The van der Waals surface area contributed by atoms with E-state index in [2.05, 4.69) is 0 Å². The zero-order valence-electron chi connectivity index (χ0n) is 14.3. The van der Waals surface area contributed by atoms with Gasteiger partial charge in [0, 0.05) is 18.2 Å². The van der Waals surface area contributed by atoms with Crippen LogP contribution in [0.4, 0.5) is 0 Å². The summed E-state index contributed by atoms with van der Waals surface area (Å²) >= 11 is 0. The summed E-state index contributed by atoms with van der Waals surface area (Å²) in [5.74, 6) is 1.02. The van der Waals surface area contributed by atoms with Crippen molar-refractivity contribution in [3.8, 4) is 5.75 Å². The molecule has 1 aromatic carbocycles. The van der Waals surface area contributed by atoms with Gasteiger partial charge in [0.25, 0.3) is 0 Å². The number of aliphatic hydroxyl groups is 1. The number of carbonyl (C=O) groups excluding carboxylic acids is 1. The van der Waals surface area contributed by atoms with Crippen LogP contribution in [0.3, 0.4) is 0 Å². The second-order valence-corrected chi connectivity index (χ2v) is 8.96. The summed E-state index contributed by atoms with van der Waals surface area (Å²) in [7, 11) is -1.16. The number of fused-ring (bicyclic) bond motifs is 1. The molecule has 0 saturated carbocycles. The molecule has 0 aliphatic carbocycles. The molecule has 138 valence electrons. The summed E-state index contributed by atoms with van der Waals surface area (Å²) in [6.07, 6.45) is 0.581. The van der Waals surface area contributed by atoms with Crippen molar-refractivity contribution in [2.45, 2.75) is 25.6 Å². The molecule has 7 nitrogen and oxygen atoms in total. The largest absolute Gasteiger partial charge is 0.491 e. The monoisotopic (exact) mass is 368 g/mol. The number of nitrogens with zero attached hydrogens (tertiary/aromatic N) is 2. The third-order valence-electron chi connectivity index (χ3n) is 4.86. The molecule has 1 aromatic rings. The first kappa shape index (κ1) is 18.2. The minimum Gasteiger partial charge on any atom is -0.491 e. The summed E-state index contributed by atoms with van der Waals surface area (Å²) in [5.41, 5.74) is 1.66. The van der Waals surface area contributed by atoms with Crippen LogP contribution in [0, 0.1) is 0 Å². The fourth-order valence-electron chi connectivity index (χ4n) is 3.32. The molecule has 1 saturated heterocycles. The van der Waals surface area contributed by atoms with Crippen molar-refractivity contribution in [1.82, 2.24) is 9.80 Å². The summed E-state index contributed by atoms with van der Waals surface area (Å²) in [5, 5.41) is 9.29. The van der Waals surface area contributed by atoms with Crippen LogP contribution in [0.5, 0.6) is 5.75 Å². The third kappa shape index (κ3) is 4.31. The summed E-state index contributed by atoms with van der Waals surface area (Å²) in [4.78, 5) is 16.2. The standard InChI is InChI=1S/C17H24N2O5S/c1-18(15-4-7-25(22,23)12-15)10-17(21)19-5-6-24-16-3-2-13(11-20)8-14(16)9-19/h2-3,8,15,20H,4-7,9-12H2,1H3/t15-/m0/s1. The van der Waals surface area contributed by atoms with E-state index in [4.69, 9.17) is 4.74 Å². The number of rotatable bonds is 4. The Balaban J connectivity index is 1.65. The van der Waals surface area contributed by atoms with Gasteiger partial charge in [0.05, 0.1) is 31.2 Å². The van der Waals surface area contributed by atoms with Gasteiger partial charge in [-0.15, -0.1) is 0 Å². The summed E-state index contributed by atoms with van der Waals surface area (Å²) in [6.45, 7) is 1.46. The van der Waals surface area contributed by atoms with Gasteiger partial charge in [0.15, 0.2) is 9.84 Å². The number of aliphatic hydroxyl groups excluding tert-OH is 1. The molecule has 25 heavy (non-hydrogen) atoms. The van der Waals surface area contributed by atoms with E-state index >= 15 is 0 Å². The number of sulfone groups is 1. The van der Waals surface area contributed by atoms with Crippen molar-refractivity contribution in [1.29, 1.82) is 0 Å². The van der Waals surface area contributed by atoms with E-state index < -0.39 is 9.84 Å². The molecule has 3 rings (SSSR count). The number of hydrogen-bond acceptors (Lipinski definition) is 6. The third-order valence-corrected chi connectivity index (χ3v) is 6.61. The highest BCUT2D eigenvalue weighted by Gasteiger charge is 2.32. The molecule has 1 atom stereocenters. The average Bonchev–Trinajstić information content (AvgIpc) is 2.81. The Morgan fingerprint density at radius 1 is 1.44 bits per heavy atom. The van der Waals surface area contributed by atoms with Crippen LogP contribution in [0.25, 0.3) is 0 Å². The van der Waals surface area contributed by atoms with E-state index in [1.54, 1.807) is 11.9 Å². The lowest BCUT2D eigenvalue weighted by atomic mass is 10.1. The van der Waals surface area contributed by atoms with Gasteiger partial charge in [-0.3, -0.25) is 9.69 Å². The van der Waals surface area contributed by atoms with Crippen LogP contribution >= 0.6 is 0 Å². The second-order valence-electron chi connectivity index (χ2n) is 6.74. The van der Waals surface area contributed by atoms with Gasteiger partial charge < -0.3 is 14.7 Å². The molecule has 2 heterocycles. The van der Waals surface area contributed by atoms with Gasteiger partial charge in [-0.25, -0.2) is 8.42 Å². The van der Waals surface area contributed by atoms with Crippen molar-refractivity contribution in [3.05, 3.63) is 29.3 Å². The van der Waals surface area contributed by atoms with Crippen molar-refractivity contribution in [3.63, 3.8) is 0 Å². The molecule has 1 N–H and O–H groups in total. The van der Waals surface area contributed by atoms with E-state index in [0.717, 1.165) is 16.9 Å². The molecule has 0 unspecified atom stereocenters. The fourth-order valence-corrected chi connectivity index (χ4v) is 5.13. The van der Waals surface area contributed by atoms with Gasteiger partial charge in [0.2, 0.25) is 5.91 Å². The van der Waals surface area contributed by atoms with E-state index in [-0.39, 0.29) is 36.6 Å². The molecule has 0 radical (unpaired) electrons. The molecule has 1 amide bonds. The van der Waals surface area contributed by atoms with Crippen LogP contribution in [0.1, 0.15) is 17.5 Å². The minimum absolute atomic E-state index is 0.0438. The first-order valence-corrected chi connectivity index (χ1v) is 10.2. The highest BCUT2D eigenvalue weighted by molar-refractivity contribution is 7.91. The quantitative estimate of drug-likeness (QED) is 0.806. The molecule has 0 aromatic heterocycles. The van der Waals surface area contributed by atoms with Gasteiger partial charge in [-0.05, 0) is 31.2 Å². The first-order chi connectivity index (χ1) is 11.9. The molecule has 1 fully saturated rings. The molecule has 8 heteroatoms. The van der Waals surface area contributed by atoms with Gasteiger partial charge in [0.1, 0.15) is 12.4 Å². The zero-order chi connectivity index (χ0) is 18.0. The van der Waals surface area contributed by atoms with Crippen molar-refractivity contribution in [2.75, 3.05) is 38.2 Å². The van der Waals surface area contributed by atoms with Crippen LogP contribution < -0.4 is 4.74 Å². The van der Waals surface area contributed by atoms with Crippen molar-refractivity contribution in [2.24, 2.45) is 0 Å². The number of likely N-dealkylation sites (N-methyl/N-ethyl adjacent to an activating group) is 1. The molecule has 2 aliphatic rings. The molecular formula is C17H24N2O5S. The second kappa shape index (κ2) is 7.31. The SMILES string of the molecule is CN(CC(=O)N1CCOc2ccc(CO)cc2C1)[C@H]1CCS(=O)(=O)C1. The Labute approximate surface area is 148 Å².